The van der Waals surface area contributed by atoms with Gasteiger partial charge in [-0.25, -0.2) is 0 Å². The number of halogens is 3. The number of carboxylic acids is 1. The second-order valence-corrected chi connectivity index (χ2v) is 5.20. The van der Waals surface area contributed by atoms with Gasteiger partial charge in [0.05, 0.1) is 11.5 Å². The number of hydrogen-bond donors (Lipinski definition) is 1. The van der Waals surface area contributed by atoms with Crippen molar-refractivity contribution in [3.63, 3.8) is 0 Å². The van der Waals surface area contributed by atoms with Crippen LogP contribution in [0.15, 0.2) is 18.2 Å². The van der Waals surface area contributed by atoms with E-state index in [9.17, 15) is 18.0 Å². The highest BCUT2D eigenvalue weighted by Gasteiger charge is 2.32. The van der Waals surface area contributed by atoms with Crippen molar-refractivity contribution in [1.82, 2.24) is 4.90 Å². The highest BCUT2D eigenvalue weighted by molar-refractivity contribution is 5.70. The van der Waals surface area contributed by atoms with Gasteiger partial charge in [-0.05, 0) is 43.1 Å². The highest BCUT2D eigenvalue weighted by atomic mass is 19.4. The van der Waals surface area contributed by atoms with Crippen molar-refractivity contribution in [3.8, 4) is 0 Å². The lowest BCUT2D eigenvalue weighted by Gasteiger charge is -2.18. The molecule has 6 heteroatoms. The number of nitrogens with zero attached hydrogens (tertiary/aromatic N) is 1. The van der Waals surface area contributed by atoms with E-state index < -0.39 is 23.6 Å². The van der Waals surface area contributed by atoms with Crippen molar-refractivity contribution < 1.29 is 23.1 Å². The fourth-order valence-corrected chi connectivity index (χ4v) is 2.44. The Balaban J connectivity index is 2.12. The molecule has 0 aliphatic carbocycles. The van der Waals surface area contributed by atoms with Crippen LogP contribution in [0.2, 0.25) is 0 Å². The Bertz CT molecular complexity index is 514. The third-order valence-electron chi connectivity index (χ3n) is 3.69. The van der Waals surface area contributed by atoms with E-state index >= 15 is 0 Å². The molecule has 3 nitrogen and oxygen atoms in total. The Morgan fingerprint density at radius 2 is 2.15 bits per heavy atom. The molecule has 0 saturated carbocycles. The van der Waals surface area contributed by atoms with Crippen molar-refractivity contribution in [3.05, 3.63) is 34.9 Å². The van der Waals surface area contributed by atoms with E-state index in [0.717, 1.165) is 17.7 Å². The third-order valence-corrected chi connectivity index (χ3v) is 3.69. The molecule has 1 heterocycles. The van der Waals surface area contributed by atoms with Gasteiger partial charge in [-0.15, -0.1) is 0 Å². The minimum Gasteiger partial charge on any atom is -0.481 e. The molecule has 2 rings (SSSR count). The van der Waals surface area contributed by atoms with E-state index in [1.807, 2.05) is 4.90 Å². The smallest absolute Gasteiger partial charge is 0.416 e. The second-order valence-electron chi connectivity index (χ2n) is 5.20. The van der Waals surface area contributed by atoms with Crippen molar-refractivity contribution in [2.45, 2.75) is 26.1 Å². The first-order valence-corrected chi connectivity index (χ1v) is 6.39. The lowest BCUT2D eigenvalue weighted by atomic mass is 10.0. The average molecular weight is 287 g/mol. The number of carboxylic acid groups (broad SMARTS) is 1. The van der Waals surface area contributed by atoms with E-state index in [0.29, 0.717) is 31.6 Å². The maximum Gasteiger partial charge on any atom is 0.416 e. The molecule has 0 amide bonds. The largest absolute Gasteiger partial charge is 0.481 e. The standard InChI is InChI=1S/C14H16F3NO2/c1-9-2-3-12(14(15,16)17)6-11(9)8-18-5-4-10(7-18)13(19)20/h2-3,6,10H,4-5,7-8H2,1H3,(H,19,20). The van der Waals surface area contributed by atoms with Crippen LogP contribution in [0.4, 0.5) is 13.2 Å². The molecule has 0 bridgehead atoms. The summed E-state index contributed by atoms with van der Waals surface area (Å²) in [6.07, 6.45) is -3.80. The molecular formula is C14H16F3NO2. The summed E-state index contributed by atoms with van der Waals surface area (Å²) in [5, 5.41) is 8.93. The number of hydrogen-bond acceptors (Lipinski definition) is 2. The lowest BCUT2D eigenvalue weighted by molar-refractivity contribution is -0.141. The summed E-state index contributed by atoms with van der Waals surface area (Å²) < 4.78 is 38.1. The molecule has 1 aliphatic rings. The van der Waals surface area contributed by atoms with Gasteiger partial charge < -0.3 is 5.11 Å². The number of aliphatic carboxylic acids is 1. The van der Waals surface area contributed by atoms with E-state index in [4.69, 9.17) is 5.11 Å². The van der Waals surface area contributed by atoms with Crippen molar-refractivity contribution in [2.24, 2.45) is 5.92 Å². The minimum atomic E-state index is -4.35. The quantitative estimate of drug-likeness (QED) is 0.929. The summed E-state index contributed by atoms with van der Waals surface area (Å²) in [4.78, 5) is 12.8. The van der Waals surface area contributed by atoms with Crippen molar-refractivity contribution in [2.75, 3.05) is 13.1 Å². The number of benzene rings is 1. The number of aryl methyl sites for hydroxylation is 1. The van der Waals surface area contributed by atoms with Crippen LogP contribution in [0.1, 0.15) is 23.1 Å². The maximum absolute atomic E-state index is 12.7. The van der Waals surface area contributed by atoms with E-state index in [-0.39, 0.29) is 0 Å². The predicted octanol–water partition coefficient (Wildman–Crippen LogP) is 2.92. The van der Waals surface area contributed by atoms with Crippen LogP contribution in [0.5, 0.6) is 0 Å². The summed E-state index contributed by atoms with van der Waals surface area (Å²) in [6, 6.07) is 3.69. The van der Waals surface area contributed by atoms with Crippen molar-refractivity contribution in [1.29, 1.82) is 0 Å². The van der Waals surface area contributed by atoms with Crippen LogP contribution in [0.3, 0.4) is 0 Å². The van der Waals surface area contributed by atoms with Gasteiger partial charge in [-0.2, -0.15) is 13.2 Å². The Hall–Kier alpha value is -1.56. The Kier molecular flexibility index (Phi) is 4.04. The van der Waals surface area contributed by atoms with Crippen LogP contribution in [-0.4, -0.2) is 29.1 Å². The first-order valence-electron chi connectivity index (χ1n) is 6.39. The SMILES string of the molecule is Cc1ccc(C(F)(F)F)cc1CN1CCC(C(=O)O)C1. The van der Waals surface area contributed by atoms with Gasteiger partial charge in [0.1, 0.15) is 0 Å². The Morgan fingerprint density at radius 1 is 1.45 bits per heavy atom. The fourth-order valence-electron chi connectivity index (χ4n) is 2.44. The molecular weight excluding hydrogens is 271 g/mol. The van der Waals surface area contributed by atoms with Gasteiger partial charge in [0.2, 0.25) is 0 Å². The summed E-state index contributed by atoms with van der Waals surface area (Å²) in [7, 11) is 0. The fraction of sp³-hybridized carbons (Fsp3) is 0.500. The van der Waals surface area contributed by atoms with Gasteiger partial charge >= 0.3 is 12.1 Å². The molecule has 110 valence electrons. The summed E-state index contributed by atoms with van der Waals surface area (Å²) in [5.41, 5.74) is 0.731. The van der Waals surface area contributed by atoms with Gasteiger partial charge in [0, 0.05) is 13.1 Å². The monoisotopic (exact) mass is 287 g/mol. The van der Waals surface area contributed by atoms with Crippen LogP contribution in [0.25, 0.3) is 0 Å². The minimum absolute atomic E-state index is 0.361. The lowest BCUT2D eigenvalue weighted by Crippen LogP contribution is -2.23. The molecule has 1 aliphatic heterocycles. The molecule has 1 N–H and O–H groups in total. The summed E-state index contributed by atoms with van der Waals surface area (Å²) in [6.45, 7) is 3.12. The molecule has 1 unspecified atom stereocenters. The van der Waals surface area contributed by atoms with Gasteiger partial charge in [0.15, 0.2) is 0 Å². The van der Waals surface area contributed by atoms with Crippen LogP contribution >= 0.6 is 0 Å². The third kappa shape index (κ3) is 3.30. The molecule has 0 aromatic heterocycles. The van der Waals surface area contributed by atoms with Crippen molar-refractivity contribution >= 4 is 5.97 Å². The number of carbonyl (C=O) groups is 1. The molecule has 1 aromatic rings. The van der Waals surface area contributed by atoms with E-state index in [2.05, 4.69) is 0 Å². The highest BCUT2D eigenvalue weighted by Crippen LogP contribution is 2.31. The van der Waals surface area contributed by atoms with Crippen LogP contribution in [-0.2, 0) is 17.5 Å². The topological polar surface area (TPSA) is 40.5 Å². The molecule has 1 atom stereocenters. The molecule has 1 aromatic carbocycles. The number of rotatable bonds is 3. The first kappa shape index (κ1) is 14.8. The van der Waals surface area contributed by atoms with Crippen LogP contribution < -0.4 is 0 Å². The Morgan fingerprint density at radius 3 is 2.70 bits per heavy atom. The van der Waals surface area contributed by atoms with E-state index in [1.165, 1.54) is 6.07 Å². The zero-order valence-corrected chi connectivity index (χ0v) is 11.1. The van der Waals surface area contributed by atoms with Crippen LogP contribution in [0, 0.1) is 12.8 Å². The zero-order chi connectivity index (χ0) is 14.9. The molecule has 1 fully saturated rings. The Labute approximate surface area is 115 Å². The van der Waals surface area contributed by atoms with Gasteiger partial charge in [-0.1, -0.05) is 6.07 Å². The predicted molar refractivity (Wildman–Crippen MR) is 67.2 cm³/mol. The molecule has 0 spiro atoms. The zero-order valence-electron chi connectivity index (χ0n) is 11.1. The van der Waals surface area contributed by atoms with Gasteiger partial charge in [-0.3, -0.25) is 9.69 Å². The van der Waals surface area contributed by atoms with Gasteiger partial charge in [0.25, 0.3) is 0 Å². The molecule has 20 heavy (non-hydrogen) atoms. The number of likely N-dealkylation sites (tertiary alicyclic amines) is 1. The molecule has 1 saturated heterocycles. The maximum atomic E-state index is 12.7. The second kappa shape index (κ2) is 5.44. The van der Waals surface area contributed by atoms with E-state index in [1.54, 1.807) is 6.92 Å². The molecule has 0 radical (unpaired) electrons. The first-order chi connectivity index (χ1) is 9.27. The summed E-state index contributed by atoms with van der Waals surface area (Å²) in [5.74, 6) is -1.26. The normalized spacial score (nSPS) is 20.3. The number of alkyl halides is 3. The average Bonchev–Trinajstić information content (AvgIpc) is 2.79. The summed E-state index contributed by atoms with van der Waals surface area (Å²) >= 11 is 0.